The van der Waals surface area contributed by atoms with E-state index < -0.39 is 0 Å². The summed E-state index contributed by atoms with van der Waals surface area (Å²) in [6, 6.07) is 83.6. The van der Waals surface area contributed by atoms with Crippen LogP contribution in [0.1, 0.15) is 0 Å². The highest BCUT2D eigenvalue weighted by Crippen LogP contribution is 2.42. The van der Waals surface area contributed by atoms with Crippen molar-refractivity contribution in [2.75, 3.05) is 4.90 Å². The van der Waals surface area contributed by atoms with Gasteiger partial charge in [0.15, 0.2) is 0 Å². The van der Waals surface area contributed by atoms with Gasteiger partial charge in [-0.25, -0.2) is 0 Å². The van der Waals surface area contributed by atoms with Gasteiger partial charge in [-0.3, -0.25) is 0 Å². The first-order chi connectivity index (χ1) is 28.8. The summed E-state index contributed by atoms with van der Waals surface area (Å²) in [5, 5.41) is 7.45. The maximum absolute atomic E-state index is 2.41. The smallest absolute Gasteiger partial charge is 0.0541 e. The molecule has 0 atom stereocenters. The van der Waals surface area contributed by atoms with E-state index in [0.29, 0.717) is 0 Å². The monoisotopic (exact) mass is 738 g/mol. The molecule has 0 saturated heterocycles. The second-order valence-electron chi connectivity index (χ2n) is 15.0. The summed E-state index contributed by atoms with van der Waals surface area (Å²) in [4.78, 5) is 2.39. The number of anilines is 3. The van der Waals surface area contributed by atoms with Crippen molar-refractivity contribution in [2.45, 2.75) is 0 Å². The zero-order valence-corrected chi connectivity index (χ0v) is 31.8. The summed E-state index contributed by atoms with van der Waals surface area (Å²) >= 11 is 0. The van der Waals surface area contributed by atoms with Gasteiger partial charge in [0.1, 0.15) is 0 Å². The van der Waals surface area contributed by atoms with Crippen molar-refractivity contribution < 1.29 is 0 Å². The van der Waals surface area contributed by atoms with Crippen molar-refractivity contribution in [1.82, 2.24) is 4.57 Å². The third kappa shape index (κ3) is 5.82. The van der Waals surface area contributed by atoms with E-state index in [1.165, 1.54) is 82.4 Å². The maximum atomic E-state index is 2.41. The number of para-hydroxylation sites is 3. The molecule has 0 aliphatic heterocycles. The topological polar surface area (TPSA) is 8.17 Å². The lowest BCUT2D eigenvalue weighted by Crippen LogP contribution is -2.10. The number of hydrogen-bond donors (Lipinski definition) is 0. The van der Waals surface area contributed by atoms with E-state index in [1.807, 2.05) is 0 Å². The van der Waals surface area contributed by atoms with Gasteiger partial charge >= 0.3 is 0 Å². The van der Waals surface area contributed by atoms with Gasteiger partial charge in [0.25, 0.3) is 0 Å². The van der Waals surface area contributed by atoms with Crippen molar-refractivity contribution in [3.63, 3.8) is 0 Å². The predicted octanol–water partition coefficient (Wildman–Crippen LogP) is 15.6. The Balaban J connectivity index is 0.962. The van der Waals surface area contributed by atoms with Gasteiger partial charge in [-0.05, 0) is 98.6 Å². The molecule has 2 heteroatoms. The van der Waals surface area contributed by atoms with Crippen LogP contribution in [0.3, 0.4) is 0 Å². The summed E-state index contributed by atoms with van der Waals surface area (Å²) in [5.74, 6) is 0. The molecule has 0 amide bonds. The van der Waals surface area contributed by atoms with Crippen LogP contribution in [0.2, 0.25) is 0 Å². The number of fused-ring (bicyclic) bond motifs is 5. The molecule has 1 aromatic heterocycles. The first kappa shape index (κ1) is 33.6. The molecule has 0 N–H and O–H groups in total. The van der Waals surface area contributed by atoms with Crippen molar-refractivity contribution >= 4 is 60.4 Å². The Morgan fingerprint density at radius 1 is 0.293 bits per heavy atom. The van der Waals surface area contributed by atoms with Crippen LogP contribution in [0.25, 0.3) is 82.4 Å². The highest BCUT2D eigenvalue weighted by atomic mass is 15.1. The van der Waals surface area contributed by atoms with Crippen LogP contribution < -0.4 is 4.90 Å². The molecule has 11 aromatic rings. The van der Waals surface area contributed by atoms with Crippen LogP contribution in [0, 0.1) is 0 Å². The molecule has 11 rings (SSSR count). The Bertz CT molecular complexity index is 3220. The third-order valence-electron chi connectivity index (χ3n) is 11.6. The van der Waals surface area contributed by atoms with Crippen molar-refractivity contribution in [1.29, 1.82) is 0 Å². The quantitative estimate of drug-likeness (QED) is 0.158. The van der Waals surface area contributed by atoms with E-state index >= 15 is 0 Å². The number of benzene rings is 10. The molecule has 58 heavy (non-hydrogen) atoms. The van der Waals surface area contributed by atoms with E-state index in [4.69, 9.17) is 0 Å². The summed E-state index contributed by atoms with van der Waals surface area (Å²) in [6.07, 6.45) is 0. The standard InChI is InChI=1S/C56H38N2/c1-2-15-44-37-46(32-29-39(44)13-1)45-17-11-18-48(38-45)57(53-26-12-16-42-14-3-4-19-49(42)53)47-35-33-41(34-36-47)40-27-30-43(31-28-40)50-20-5-8-23-54(50)58-55-24-9-6-21-51(55)52-22-7-10-25-56(52)58/h1-38H. The molecule has 272 valence electrons. The first-order valence-electron chi connectivity index (χ1n) is 19.9. The molecule has 0 radical (unpaired) electrons. The second kappa shape index (κ2) is 14.1. The van der Waals surface area contributed by atoms with E-state index in [2.05, 4.69) is 240 Å². The van der Waals surface area contributed by atoms with E-state index in [9.17, 15) is 0 Å². The molecule has 10 aromatic carbocycles. The molecule has 0 aliphatic rings. The van der Waals surface area contributed by atoms with Crippen molar-refractivity contribution in [3.8, 4) is 39.1 Å². The van der Waals surface area contributed by atoms with E-state index in [0.717, 1.165) is 17.1 Å². The molecule has 1 heterocycles. The minimum Gasteiger partial charge on any atom is -0.310 e. The molecule has 0 spiro atoms. The minimum absolute atomic E-state index is 1.10. The SMILES string of the molecule is c1cc(-c2ccc3ccccc3c2)cc(N(c2ccc(-c3ccc(-c4ccccc4-n4c5ccccc5c5ccccc54)cc3)cc2)c2cccc3ccccc23)c1. The van der Waals surface area contributed by atoms with Crippen LogP contribution in [0.15, 0.2) is 231 Å². The summed E-state index contributed by atoms with van der Waals surface area (Å²) in [6.45, 7) is 0. The number of hydrogen-bond acceptors (Lipinski definition) is 1. The third-order valence-corrected chi connectivity index (χ3v) is 11.6. The molecular formula is C56H38N2. The Hall–Kier alpha value is -7.68. The Kier molecular flexibility index (Phi) is 8.19. The lowest BCUT2D eigenvalue weighted by Gasteiger charge is -2.27. The number of rotatable bonds is 7. The van der Waals surface area contributed by atoms with Crippen LogP contribution in [0.5, 0.6) is 0 Å². The van der Waals surface area contributed by atoms with Gasteiger partial charge in [-0.15, -0.1) is 0 Å². The van der Waals surface area contributed by atoms with Crippen molar-refractivity contribution in [3.05, 3.63) is 231 Å². The molecule has 0 bridgehead atoms. The summed E-state index contributed by atoms with van der Waals surface area (Å²) < 4.78 is 2.41. The average molecular weight is 739 g/mol. The molecular weight excluding hydrogens is 701 g/mol. The van der Waals surface area contributed by atoms with Gasteiger partial charge in [-0.2, -0.15) is 0 Å². The molecule has 0 saturated carbocycles. The van der Waals surface area contributed by atoms with Crippen molar-refractivity contribution in [2.24, 2.45) is 0 Å². The fraction of sp³-hybridized carbons (Fsp3) is 0. The number of nitrogens with zero attached hydrogens (tertiary/aromatic N) is 2. The summed E-state index contributed by atoms with van der Waals surface area (Å²) in [7, 11) is 0. The average Bonchev–Trinajstić information content (AvgIpc) is 3.64. The zero-order valence-electron chi connectivity index (χ0n) is 31.8. The molecule has 2 nitrogen and oxygen atoms in total. The minimum atomic E-state index is 1.10. The van der Waals surface area contributed by atoms with Crippen LogP contribution in [-0.4, -0.2) is 4.57 Å². The normalized spacial score (nSPS) is 11.4. The van der Waals surface area contributed by atoms with E-state index in [-0.39, 0.29) is 0 Å². The fourth-order valence-electron chi connectivity index (χ4n) is 8.76. The van der Waals surface area contributed by atoms with Gasteiger partial charge in [0.2, 0.25) is 0 Å². The van der Waals surface area contributed by atoms with Crippen LogP contribution in [0.4, 0.5) is 17.1 Å². The Morgan fingerprint density at radius 2 is 0.828 bits per heavy atom. The Labute approximate surface area is 338 Å². The molecule has 0 fully saturated rings. The second-order valence-corrected chi connectivity index (χ2v) is 15.0. The fourth-order valence-corrected chi connectivity index (χ4v) is 8.76. The Morgan fingerprint density at radius 3 is 1.59 bits per heavy atom. The predicted molar refractivity (Wildman–Crippen MR) is 247 cm³/mol. The zero-order chi connectivity index (χ0) is 38.4. The molecule has 0 unspecified atom stereocenters. The van der Waals surface area contributed by atoms with Gasteiger partial charge < -0.3 is 9.47 Å². The van der Waals surface area contributed by atoms with Gasteiger partial charge in [0.05, 0.1) is 22.4 Å². The first-order valence-corrected chi connectivity index (χ1v) is 19.9. The highest BCUT2D eigenvalue weighted by molar-refractivity contribution is 6.09. The lowest BCUT2D eigenvalue weighted by molar-refractivity contribution is 1.18. The van der Waals surface area contributed by atoms with Crippen LogP contribution in [-0.2, 0) is 0 Å². The van der Waals surface area contributed by atoms with Gasteiger partial charge in [-0.1, -0.05) is 176 Å². The van der Waals surface area contributed by atoms with E-state index in [1.54, 1.807) is 0 Å². The number of aromatic nitrogens is 1. The van der Waals surface area contributed by atoms with Crippen LogP contribution >= 0.6 is 0 Å². The highest BCUT2D eigenvalue weighted by Gasteiger charge is 2.18. The van der Waals surface area contributed by atoms with Gasteiger partial charge in [0, 0.05) is 33.1 Å². The summed E-state index contributed by atoms with van der Waals surface area (Å²) in [5.41, 5.74) is 14.1. The molecule has 0 aliphatic carbocycles. The lowest BCUT2D eigenvalue weighted by atomic mass is 9.98. The maximum Gasteiger partial charge on any atom is 0.0541 e. The largest absolute Gasteiger partial charge is 0.310 e.